The van der Waals surface area contributed by atoms with Crippen molar-refractivity contribution in [1.82, 2.24) is 14.9 Å². The molecule has 1 heterocycles. The molecule has 1 fully saturated rings. The highest BCUT2D eigenvalue weighted by atomic mass is 32.2. The summed E-state index contributed by atoms with van der Waals surface area (Å²) in [7, 11) is -1.79. The largest absolute Gasteiger partial charge is 0.497 e. The molecule has 1 aliphatic heterocycles. The molecule has 8 heteroatoms. The molecule has 7 nitrogen and oxygen atoms in total. The second-order valence-corrected chi connectivity index (χ2v) is 9.45. The number of hydrogen-bond acceptors (Lipinski definition) is 4. The van der Waals surface area contributed by atoms with Crippen LogP contribution in [-0.2, 0) is 23.1 Å². The van der Waals surface area contributed by atoms with Crippen molar-refractivity contribution in [2.24, 2.45) is 4.99 Å². The molecule has 0 aliphatic carbocycles. The molecule has 0 radical (unpaired) electrons. The number of aliphatic imine (C=N–C) groups is 1. The van der Waals surface area contributed by atoms with Crippen molar-refractivity contribution >= 4 is 16.0 Å². The van der Waals surface area contributed by atoms with Crippen molar-refractivity contribution in [2.45, 2.75) is 44.2 Å². The number of nitrogens with zero attached hydrogens (tertiary/aromatic N) is 2. The highest BCUT2D eigenvalue weighted by Gasteiger charge is 2.25. The van der Waals surface area contributed by atoms with Crippen LogP contribution in [0.15, 0.2) is 58.4 Å². The van der Waals surface area contributed by atoms with Crippen molar-refractivity contribution in [3.05, 3.63) is 59.7 Å². The van der Waals surface area contributed by atoms with Crippen LogP contribution in [-0.4, -0.2) is 45.4 Å². The maximum absolute atomic E-state index is 12.9. The Kier molecular flexibility index (Phi) is 8.31. The number of rotatable bonds is 8. The van der Waals surface area contributed by atoms with Gasteiger partial charge in [-0.2, -0.15) is 4.31 Å². The third-order valence-corrected chi connectivity index (χ3v) is 7.13. The van der Waals surface area contributed by atoms with Gasteiger partial charge in [-0.1, -0.05) is 30.7 Å². The Bertz CT molecular complexity index is 969. The zero-order valence-corrected chi connectivity index (χ0v) is 19.1. The molecule has 0 amide bonds. The van der Waals surface area contributed by atoms with Gasteiger partial charge in [-0.25, -0.2) is 13.4 Å². The molecule has 1 saturated heterocycles. The first kappa shape index (κ1) is 23.1. The molecule has 2 N–H and O–H groups in total. The van der Waals surface area contributed by atoms with Crippen LogP contribution in [0.5, 0.6) is 5.75 Å². The molecule has 0 aromatic heterocycles. The SMILES string of the molecule is CCNC(=NCc1cccc(S(=O)(=O)N2CCCCC2)c1)NCc1ccc(OC)cc1. The van der Waals surface area contributed by atoms with E-state index in [-0.39, 0.29) is 0 Å². The molecule has 1 aliphatic rings. The predicted octanol–water partition coefficient (Wildman–Crippen LogP) is 3.13. The maximum Gasteiger partial charge on any atom is 0.243 e. The fraction of sp³-hybridized carbons (Fsp3) is 0.435. The monoisotopic (exact) mass is 444 g/mol. The minimum Gasteiger partial charge on any atom is -0.497 e. The van der Waals surface area contributed by atoms with E-state index in [9.17, 15) is 8.42 Å². The lowest BCUT2D eigenvalue weighted by Gasteiger charge is -2.26. The molecule has 168 valence electrons. The number of ether oxygens (including phenoxy) is 1. The topological polar surface area (TPSA) is 83.0 Å². The van der Waals surface area contributed by atoms with Crippen LogP contribution >= 0.6 is 0 Å². The fourth-order valence-electron chi connectivity index (χ4n) is 3.50. The summed E-state index contributed by atoms with van der Waals surface area (Å²) in [5.41, 5.74) is 1.97. The minimum absolute atomic E-state index is 0.346. The minimum atomic E-state index is -3.44. The first-order valence-electron chi connectivity index (χ1n) is 10.8. The van der Waals surface area contributed by atoms with Crippen LogP contribution < -0.4 is 15.4 Å². The maximum atomic E-state index is 12.9. The van der Waals surface area contributed by atoms with Crippen molar-refractivity contribution in [2.75, 3.05) is 26.7 Å². The number of guanidine groups is 1. The molecular formula is C23H32N4O3S. The summed E-state index contributed by atoms with van der Waals surface area (Å²) in [6, 6.07) is 15.0. The normalized spacial score (nSPS) is 15.5. The van der Waals surface area contributed by atoms with Crippen LogP contribution in [0.3, 0.4) is 0 Å². The lowest BCUT2D eigenvalue weighted by atomic mass is 10.2. The Morgan fingerprint density at radius 3 is 2.45 bits per heavy atom. The van der Waals surface area contributed by atoms with Gasteiger partial charge < -0.3 is 15.4 Å². The average Bonchev–Trinajstić information content (AvgIpc) is 2.82. The second kappa shape index (κ2) is 11.2. The Hall–Kier alpha value is -2.58. The van der Waals surface area contributed by atoms with Crippen molar-refractivity contribution in [3.8, 4) is 5.75 Å². The van der Waals surface area contributed by atoms with E-state index in [2.05, 4.69) is 15.6 Å². The third kappa shape index (κ3) is 6.45. The van der Waals surface area contributed by atoms with Crippen molar-refractivity contribution in [3.63, 3.8) is 0 Å². The Labute approximate surface area is 185 Å². The van der Waals surface area contributed by atoms with Gasteiger partial charge in [0.2, 0.25) is 10.0 Å². The van der Waals surface area contributed by atoms with E-state index >= 15 is 0 Å². The van der Waals surface area contributed by atoms with Gasteiger partial charge >= 0.3 is 0 Å². The molecular weight excluding hydrogens is 412 g/mol. The van der Waals surface area contributed by atoms with Crippen LogP contribution in [0, 0.1) is 0 Å². The van der Waals surface area contributed by atoms with Crippen LogP contribution in [0.1, 0.15) is 37.3 Å². The van der Waals surface area contributed by atoms with E-state index in [4.69, 9.17) is 4.74 Å². The van der Waals surface area contributed by atoms with E-state index < -0.39 is 10.0 Å². The Morgan fingerprint density at radius 2 is 1.77 bits per heavy atom. The summed E-state index contributed by atoms with van der Waals surface area (Å²) in [5.74, 6) is 1.51. The van der Waals surface area contributed by atoms with Gasteiger partial charge in [-0.15, -0.1) is 0 Å². The van der Waals surface area contributed by atoms with Crippen LogP contribution in [0.2, 0.25) is 0 Å². The predicted molar refractivity (Wildman–Crippen MR) is 124 cm³/mol. The zero-order valence-electron chi connectivity index (χ0n) is 18.3. The molecule has 0 bridgehead atoms. The Balaban J connectivity index is 1.66. The first-order chi connectivity index (χ1) is 15.0. The molecule has 3 rings (SSSR count). The summed E-state index contributed by atoms with van der Waals surface area (Å²) in [6.45, 7) is 4.96. The lowest BCUT2D eigenvalue weighted by Crippen LogP contribution is -2.36. The molecule has 2 aromatic carbocycles. The van der Waals surface area contributed by atoms with E-state index in [1.807, 2.05) is 37.3 Å². The van der Waals surface area contributed by atoms with Gasteiger partial charge in [-0.3, -0.25) is 0 Å². The van der Waals surface area contributed by atoms with E-state index in [0.29, 0.717) is 37.0 Å². The summed E-state index contributed by atoms with van der Waals surface area (Å²) < 4.78 is 32.7. The fourth-order valence-corrected chi connectivity index (χ4v) is 5.09. The molecule has 0 atom stereocenters. The highest BCUT2D eigenvalue weighted by molar-refractivity contribution is 7.89. The average molecular weight is 445 g/mol. The van der Waals surface area contributed by atoms with Gasteiger partial charge in [0.25, 0.3) is 0 Å². The molecule has 0 saturated carbocycles. The van der Waals surface area contributed by atoms with E-state index in [1.165, 1.54) is 0 Å². The summed E-state index contributed by atoms with van der Waals surface area (Å²) in [4.78, 5) is 4.98. The standard InChI is InChI=1S/C23H32N4O3S/c1-3-24-23(25-17-19-10-12-21(30-2)13-11-19)26-18-20-8-7-9-22(16-20)31(28,29)27-14-5-4-6-15-27/h7-13,16H,3-6,14-15,17-18H2,1-2H3,(H2,24,25,26). The summed E-state index contributed by atoms with van der Waals surface area (Å²) in [5, 5.41) is 6.54. The number of sulfonamides is 1. The van der Waals surface area contributed by atoms with Gasteiger partial charge in [0, 0.05) is 26.2 Å². The molecule has 2 aromatic rings. The number of hydrogen-bond donors (Lipinski definition) is 2. The van der Waals surface area contributed by atoms with Crippen LogP contribution in [0.25, 0.3) is 0 Å². The van der Waals surface area contributed by atoms with Gasteiger partial charge in [0.15, 0.2) is 5.96 Å². The van der Waals surface area contributed by atoms with Crippen molar-refractivity contribution < 1.29 is 13.2 Å². The number of piperidine rings is 1. The number of nitrogens with one attached hydrogen (secondary N) is 2. The molecule has 0 spiro atoms. The van der Waals surface area contributed by atoms with Gasteiger partial charge in [-0.05, 0) is 55.2 Å². The Morgan fingerprint density at radius 1 is 1.03 bits per heavy atom. The number of methoxy groups -OCH3 is 1. The van der Waals surface area contributed by atoms with E-state index in [0.717, 1.165) is 42.7 Å². The summed E-state index contributed by atoms with van der Waals surface area (Å²) >= 11 is 0. The second-order valence-electron chi connectivity index (χ2n) is 7.51. The lowest BCUT2D eigenvalue weighted by molar-refractivity contribution is 0.346. The zero-order chi connectivity index (χ0) is 22.1. The van der Waals surface area contributed by atoms with Crippen LogP contribution in [0.4, 0.5) is 0 Å². The van der Waals surface area contributed by atoms with E-state index in [1.54, 1.807) is 29.6 Å². The number of benzene rings is 2. The van der Waals surface area contributed by atoms with Crippen molar-refractivity contribution in [1.29, 1.82) is 0 Å². The molecule has 0 unspecified atom stereocenters. The summed E-state index contributed by atoms with van der Waals surface area (Å²) in [6.07, 6.45) is 2.95. The third-order valence-electron chi connectivity index (χ3n) is 5.23. The highest BCUT2D eigenvalue weighted by Crippen LogP contribution is 2.21. The van der Waals surface area contributed by atoms with Gasteiger partial charge in [0.1, 0.15) is 5.75 Å². The van der Waals surface area contributed by atoms with Gasteiger partial charge in [0.05, 0.1) is 18.6 Å². The molecule has 31 heavy (non-hydrogen) atoms. The quantitative estimate of drug-likeness (QED) is 0.483. The smallest absolute Gasteiger partial charge is 0.243 e. The first-order valence-corrected chi connectivity index (χ1v) is 12.2.